The van der Waals surface area contributed by atoms with Gasteiger partial charge in [0.25, 0.3) is 0 Å². The zero-order valence-electron chi connectivity index (χ0n) is 19.3. The summed E-state index contributed by atoms with van der Waals surface area (Å²) in [7, 11) is 0. The number of nitrogens with one attached hydrogen (secondary N) is 3. The molecule has 0 bridgehead atoms. The minimum absolute atomic E-state index is 0. The van der Waals surface area contributed by atoms with E-state index in [4.69, 9.17) is 0 Å². The van der Waals surface area contributed by atoms with E-state index in [0.717, 1.165) is 85.9 Å². The van der Waals surface area contributed by atoms with Crippen LogP contribution in [-0.4, -0.2) is 68.2 Å². The molecule has 0 aromatic heterocycles. The lowest BCUT2D eigenvalue weighted by Crippen LogP contribution is -2.48. The molecule has 0 radical (unpaired) electrons. The van der Waals surface area contributed by atoms with Crippen LogP contribution in [0.5, 0.6) is 0 Å². The van der Waals surface area contributed by atoms with E-state index in [1.54, 1.807) is 0 Å². The summed E-state index contributed by atoms with van der Waals surface area (Å²) in [6, 6.07) is 8.48. The number of benzene rings is 2. The molecule has 2 aromatic rings. The molecule has 0 spiro atoms. The third-order valence-electron chi connectivity index (χ3n) is 6.74. The number of piperidine rings is 1. The number of anilines is 3. The second kappa shape index (κ2) is 11.5. The zero-order valence-corrected chi connectivity index (χ0v) is 22.5. The Morgan fingerprint density at radius 2 is 1.66 bits per heavy atom. The van der Waals surface area contributed by atoms with Crippen molar-refractivity contribution in [3.05, 3.63) is 40.4 Å². The Morgan fingerprint density at radius 3 is 2.34 bits per heavy atom. The van der Waals surface area contributed by atoms with Crippen LogP contribution in [0.15, 0.2) is 44.6 Å². The predicted molar refractivity (Wildman–Crippen MR) is 143 cm³/mol. The molecule has 3 aliphatic rings. The molecule has 0 amide bonds. The van der Waals surface area contributed by atoms with E-state index in [-0.39, 0.29) is 18.4 Å². The van der Waals surface area contributed by atoms with Gasteiger partial charge < -0.3 is 20.9 Å². The Morgan fingerprint density at radius 1 is 0.971 bits per heavy atom. The van der Waals surface area contributed by atoms with Crippen LogP contribution in [0.1, 0.15) is 18.4 Å². The number of hydrogen-bond acceptors (Lipinski definition) is 6. The Balaban J connectivity index is 0.00000289. The van der Waals surface area contributed by atoms with Crippen LogP contribution in [-0.2, 0) is 6.18 Å². The topological polar surface area (TPSA) is 42.6 Å². The molecule has 35 heavy (non-hydrogen) atoms. The van der Waals surface area contributed by atoms with Crippen LogP contribution in [0.3, 0.4) is 0 Å². The van der Waals surface area contributed by atoms with Gasteiger partial charge in [-0.25, -0.2) is 0 Å². The highest BCUT2D eigenvalue weighted by molar-refractivity contribution is 9.10. The largest absolute Gasteiger partial charge is 0.416 e. The molecular weight excluding hydrogens is 563 g/mol. The van der Waals surface area contributed by atoms with Crippen LogP contribution in [0, 0.1) is 0 Å². The molecule has 3 N–H and O–H groups in total. The summed E-state index contributed by atoms with van der Waals surface area (Å²) in [6.45, 7) is 8.37. The minimum Gasteiger partial charge on any atom is -0.380 e. The van der Waals surface area contributed by atoms with E-state index in [2.05, 4.69) is 41.7 Å². The highest BCUT2D eigenvalue weighted by atomic mass is 79.9. The van der Waals surface area contributed by atoms with Crippen LogP contribution >= 0.6 is 40.1 Å². The third-order valence-corrected chi connectivity index (χ3v) is 8.33. The maximum Gasteiger partial charge on any atom is 0.416 e. The fraction of sp³-hybridized carbons (Fsp3) is 0.500. The van der Waals surface area contributed by atoms with E-state index in [1.165, 1.54) is 23.9 Å². The normalized spacial score (nSPS) is 19.3. The molecule has 0 saturated carbocycles. The molecule has 0 aliphatic carbocycles. The molecular formula is C24H30BrClF3N5S. The van der Waals surface area contributed by atoms with Crippen molar-refractivity contribution in [1.29, 1.82) is 0 Å². The molecule has 3 aliphatic heterocycles. The van der Waals surface area contributed by atoms with Gasteiger partial charge in [0, 0.05) is 72.7 Å². The molecule has 5 nitrogen and oxygen atoms in total. The van der Waals surface area contributed by atoms with Crippen molar-refractivity contribution in [2.24, 2.45) is 0 Å². The lowest BCUT2D eigenvalue weighted by atomic mass is 10.0. The third kappa shape index (κ3) is 6.59. The lowest BCUT2D eigenvalue weighted by Gasteiger charge is -2.36. The van der Waals surface area contributed by atoms with Crippen molar-refractivity contribution >= 4 is 57.2 Å². The molecule has 192 valence electrons. The van der Waals surface area contributed by atoms with E-state index in [1.807, 2.05) is 18.2 Å². The van der Waals surface area contributed by atoms with Gasteiger partial charge in [-0.3, -0.25) is 4.90 Å². The fourth-order valence-corrected chi connectivity index (χ4v) is 6.39. The maximum absolute atomic E-state index is 13.7. The molecule has 2 fully saturated rings. The Hall–Kier alpha value is -1.17. The van der Waals surface area contributed by atoms with Gasteiger partial charge in [0.05, 0.1) is 22.6 Å². The van der Waals surface area contributed by atoms with Gasteiger partial charge in [-0.1, -0.05) is 27.7 Å². The first kappa shape index (κ1) is 26.9. The molecule has 2 aromatic carbocycles. The summed E-state index contributed by atoms with van der Waals surface area (Å²) < 4.78 is 42.0. The van der Waals surface area contributed by atoms with Crippen molar-refractivity contribution in [2.75, 3.05) is 63.0 Å². The van der Waals surface area contributed by atoms with Crippen molar-refractivity contribution in [3.63, 3.8) is 0 Å². The van der Waals surface area contributed by atoms with Gasteiger partial charge in [-0.2, -0.15) is 13.2 Å². The highest BCUT2D eigenvalue weighted by Crippen LogP contribution is 2.50. The van der Waals surface area contributed by atoms with Crippen molar-refractivity contribution < 1.29 is 13.2 Å². The molecule has 11 heteroatoms. The molecule has 0 atom stereocenters. The molecule has 5 rings (SSSR count). The second-order valence-corrected chi connectivity index (χ2v) is 11.1. The molecule has 0 unspecified atom stereocenters. The van der Waals surface area contributed by atoms with Gasteiger partial charge in [0.2, 0.25) is 0 Å². The van der Waals surface area contributed by atoms with Crippen LogP contribution in [0.4, 0.5) is 30.2 Å². The van der Waals surface area contributed by atoms with Crippen molar-refractivity contribution in [2.45, 2.75) is 34.9 Å². The van der Waals surface area contributed by atoms with Crippen LogP contribution in [0.25, 0.3) is 0 Å². The van der Waals surface area contributed by atoms with Crippen molar-refractivity contribution in [3.8, 4) is 0 Å². The van der Waals surface area contributed by atoms with Gasteiger partial charge in [0.15, 0.2) is 0 Å². The Kier molecular flexibility index (Phi) is 8.82. The van der Waals surface area contributed by atoms with Crippen LogP contribution in [0.2, 0.25) is 0 Å². The lowest BCUT2D eigenvalue weighted by molar-refractivity contribution is -0.137. The van der Waals surface area contributed by atoms with Gasteiger partial charge >= 0.3 is 6.18 Å². The van der Waals surface area contributed by atoms with Gasteiger partial charge in [-0.05, 0) is 43.2 Å². The summed E-state index contributed by atoms with van der Waals surface area (Å²) in [5.41, 5.74) is 1.56. The first-order chi connectivity index (χ1) is 16.3. The number of hydrogen-bond donors (Lipinski definition) is 3. The first-order valence-corrected chi connectivity index (χ1v) is 13.4. The standard InChI is InChI=1S/C24H29BrF3N5S.ClH/c25-17-1-2-19-21(15-17)34-22-14-16(24(26,27)28)13-20(23(22)31-19)30-18-3-7-32(8-4-18)11-12-33-9-5-29-6-10-33;/h1-2,13-15,18,29-31H,3-12H2;1H. The summed E-state index contributed by atoms with van der Waals surface area (Å²) in [5.74, 6) is 0. The maximum atomic E-state index is 13.7. The number of fused-ring (bicyclic) bond motifs is 2. The Labute approximate surface area is 223 Å². The fourth-order valence-electron chi connectivity index (χ4n) is 4.78. The monoisotopic (exact) mass is 591 g/mol. The molecule has 2 saturated heterocycles. The summed E-state index contributed by atoms with van der Waals surface area (Å²) in [6.07, 6.45) is -2.55. The summed E-state index contributed by atoms with van der Waals surface area (Å²) in [5, 5.41) is 10.2. The van der Waals surface area contributed by atoms with Gasteiger partial charge in [-0.15, -0.1) is 12.4 Å². The number of rotatable bonds is 5. The highest BCUT2D eigenvalue weighted by Gasteiger charge is 2.34. The quantitative estimate of drug-likeness (QED) is 0.344. The smallest absolute Gasteiger partial charge is 0.380 e. The summed E-state index contributed by atoms with van der Waals surface area (Å²) >= 11 is 4.83. The van der Waals surface area contributed by atoms with Crippen molar-refractivity contribution in [1.82, 2.24) is 15.1 Å². The van der Waals surface area contributed by atoms with E-state index in [9.17, 15) is 13.2 Å². The molecule has 3 heterocycles. The predicted octanol–water partition coefficient (Wildman–Crippen LogP) is 5.88. The number of halogens is 5. The number of alkyl halides is 3. The minimum atomic E-state index is -4.39. The SMILES string of the molecule is Cl.FC(F)(F)c1cc(NC2CCN(CCN3CCNCC3)CC2)c2c(c1)Sc1cc(Br)ccc1N2. The average Bonchev–Trinajstić information content (AvgIpc) is 2.82. The van der Waals surface area contributed by atoms with E-state index >= 15 is 0 Å². The van der Waals surface area contributed by atoms with Crippen LogP contribution < -0.4 is 16.0 Å². The average molecular weight is 593 g/mol. The number of nitrogens with zero attached hydrogens (tertiary/aromatic N) is 2. The number of piperazine rings is 1. The first-order valence-electron chi connectivity index (χ1n) is 11.8. The van der Waals surface area contributed by atoms with E-state index < -0.39 is 11.7 Å². The number of likely N-dealkylation sites (tertiary alicyclic amines) is 1. The zero-order chi connectivity index (χ0) is 23.7. The van der Waals surface area contributed by atoms with E-state index in [0.29, 0.717) is 10.6 Å². The Bertz CT molecular complexity index is 1030. The second-order valence-electron chi connectivity index (χ2n) is 9.11. The van der Waals surface area contributed by atoms with Gasteiger partial charge in [0.1, 0.15) is 0 Å². The summed E-state index contributed by atoms with van der Waals surface area (Å²) in [4.78, 5) is 6.47.